The second-order valence-electron chi connectivity index (χ2n) is 9.50. The van der Waals surface area contributed by atoms with Crippen molar-refractivity contribution in [2.24, 2.45) is 0 Å². The molecule has 0 radical (unpaired) electrons. The van der Waals surface area contributed by atoms with Crippen LogP contribution in [0, 0.1) is 6.92 Å². The smallest absolute Gasteiger partial charge is 0.254 e. The number of aryl methyl sites for hydroxylation is 1. The molecular weight excluding hydrogens is 384 g/mol. The molecule has 0 spiro atoms. The number of hydrogen-bond donors (Lipinski definition) is 0. The third-order valence-electron chi connectivity index (χ3n) is 7.57. The van der Waals surface area contributed by atoms with Gasteiger partial charge < -0.3 is 9.47 Å². The summed E-state index contributed by atoms with van der Waals surface area (Å²) in [5.74, 6) is 1.36. The van der Waals surface area contributed by atoms with Gasteiger partial charge in [0.2, 0.25) is 0 Å². The van der Waals surface area contributed by atoms with Gasteiger partial charge >= 0.3 is 0 Å². The van der Waals surface area contributed by atoms with Gasteiger partial charge in [0.1, 0.15) is 5.82 Å². The summed E-state index contributed by atoms with van der Waals surface area (Å²) in [4.78, 5) is 22.7. The molecule has 31 heavy (non-hydrogen) atoms. The Bertz CT molecular complexity index is 1140. The molecule has 5 heteroatoms. The Morgan fingerprint density at radius 1 is 0.968 bits per heavy atom. The Kier molecular flexibility index (Phi) is 4.60. The highest BCUT2D eigenvalue weighted by Crippen LogP contribution is 2.30. The molecule has 6 rings (SSSR count). The van der Waals surface area contributed by atoms with Crippen molar-refractivity contribution in [1.29, 1.82) is 0 Å². The van der Waals surface area contributed by atoms with Gasteiger partial charge in [-0.3, -0.25) is 9.69 Å². The molecule has 0 bridgehead atoms. The molecule has 3 aliphatic rings. The number of nitrogens with zero attached hydrogens (tertiary/aromatic N) is 4. The number of carbonyl (C=O) groups is 1. The Labute approximate surface area is 183 Å². The summed E-state index contributed by atoms with van der Waals surface area (Å²) >= 11 is 0. The highest BCUT2D eigenvalue weighted by molar-refractivity contribution is 5.94. The zero-order valence-corrected chi connectivity index (χ0v) is 18.3. The van der Waals surface area contributed by atoms with Crippen molar-refractivity contribution in [2.75, 3.05) is 19.6 Å². The van der Waals surface area contributed by atoms with Crippen LogP contribution in [-0.2, 0) is 25.9 Å². The topological polar surface area (TPSA) is 41.4 Å². The van der Waals surface area contributed by atoms with E-state index in [9.17, 15) is 4.79 Å². The number of aromatic nitrogens is 2. The van der Waals surface area contributed by atoms with Crippen LogP contribution in [0.1, 0.15) is 52.1 Å². The molecule has 3 heterocycles. The number of imidazole rings is 1. The first-order valence-corrected chi connectivity index (χ1v) is 11.8. The molecule has 2 aliphatic heterocycles. The molecule has 1 saturated carbocycles. The maximum Gasteiger partial charge on any atom is 0.254 e. The molecule has 1 fully saturated rings. The Morgan fingerprint density at radius 2 is 1.81 bits per heavy atom. The van der Waals surface area contributed by atoms with Crippen molar-refractivity contribution in [2.45, 2.75) is 58.2 Å². The molecule has 0 saturated heterocycles. The standard InChI is InChI=1S/C26H30N4O/c1-18-5-7-19(8-6-18)26(31)29-11-9-20-15-23-24(16-21(20)17-29)30-14-13-28(22-3-2-4-22)12-10-25(30)27-23/h5-8,15-16,22H,2-4,9-14,17H2,1H3. The van der Waals surface area contributed by atoms with E-state index in [0.717, 1.165) is 56.1 Å². The van der Waals surface area contributed by atoms with Gasteiger partial charge in [-0.1, -0.05) is 24.1 Å². The Morgan fingerprint density at radius 3 is 2.58 bits per heavy atom. The van der Waals surface area contributed by atoms with Gasteiger partial charge in [0.15, 0.2) is 0 Å². The number of benzene rings is 2. The minimum absolute atomic E-state index is 0.133. The highest BCUT2D eigenvalue weighted by atomic mass is 16.2. The number of fused-ring (bicyclic) bond motifs is 4. The second-order valence-corrected chi connectivity index (χ2v) is 9.50. The average molecular weight is 415 g/mol. The number of hydrogen-bond acceptors (Lipinski definition) is 3. The van der Waals surface area contributed by atoms with Crippen LogP contribution >= 0.6 is 0 Å². The lowest BCUT2D eigenvalue weighted by Crippen LogP contribution is -2.41. The minimum Gasteiger partial charge on any atom is -0.334 e. The molecule has 160 valence electrons. The van der Waals surface area contributed by atoms with Crippen molar-refractivity contribution in [3.63, 3.8) is 0 Å². The van der Waals surface area contributed by atoms with E-state index in [2.05, 4.69) is 28.5 Å². The van der Waals surface area contributed by atoms with Gasteiger partial charge in [-0.15, -0.1) is 0 Å². The van der Waals surface area contributed by atoms with E-state index in [1.807, 2.05) is 29.2 Å². The van der Waals surface area contributed by atoms with E-state index in [1.54, 1.807) is 0 Å². The van der Waals surface area contributed by atoms with Crippen LogP contribution in [-0.4, -0.2) is 50.9 Å². The zero-order valence-electron chi connectivity index (χ0n) is 18.3. The van der Waals surface area contributed by atoms with Crippen molar-refractivity contribution in [3.05, 3.63) is 64.5 Å². The summed E-state index contributed by atoms with van der Waals surface area (Å²) in [7, 11) is 0. The van der Waals surface area contributed by atoms with Gasteiger partial charge in [0.05, 0.1) is 11.0 Å². The normalized spacial score (nSPS) is 19.6. The third-order valence-corrected chi connectivity index (χ3v) is 7.57. The summed E-state index contributed by atoms with van der Waals surface area (Å²) in [6.07, 6.45) is 6.05. The SMILES string of the molecule is Cc1ccc(C(=O)N2CCc3cc4nc5n(c4cc3C2)CCN(C2CCC2)CC5)cc1. The van der Waals surface area contributed by atoms with E-state index in [0.29, 0.717) is 6.54 Å². The van der Waals surface area contributed by atoms with Crippen LogP contribution < -0.4 is 0 Å². The van der Waals surface area contributed by atoms with Gasteiger partial charge in [-0.2, -0.15) is 0 Å². The lowest BCUT2D eigenvalue weighted by Gasteiger charge is -2.36. The molecule has 0 N–H and O–H groups in total. The van der Waals surface area contributed by atoms with Crippen LogP contribution in [0.5, 0.6) is 0 Å². The fourth-order valence-electron chi connectivity index (χ4n) is 5.42. The first kappa shape index (κ1) is 19.1. The fourth-order valence-corrected chi connectivity index (χ4v) is 5.42. The minimum atomic E-state index is 0.133. The van der Waals surface area contributed by atoms with E-state index in [-0.39, 0.29) is 5.91 Å². The predicted molar refractivity (Wildman–Crippen MR) is 122 cm³/mol. The van der Waals surface area contributed by atoms with E-state index < -0.39 is 0 Å². The lowest BCUT2D eigenvalue weighted by atomic mass is 9.91. The quantitative estimate of drug-likeness (QED) is 0.638. The van der Waals surface area contributed by atoms with Crippen molar-refractivity contribution in [1.82, 2.24) is 19.4 Å². The van der Waals surface area contributed by atoms with E-state index in [1.165, 1.54) is 47.3 Å². The fraction of sp³-hybridized carbons (Fsp3) is 0.462. The summed E-state index contributed by atoms with van der Waals surface area (Å²) in [6.45, 7) is 6.79. The number of amides is 1. The van der Waals surface area contributed by atoms with E-state index in [4.69, 9.17) is 4.98 Å². The maximum absolute atomic E-state index is 13.0. The molecule has 1 aromatic heterocycles. The first-order chi connectivity index (χ1) is 15.2. The molecule has 2 aromatic carbocycles. The van der Waals surface area contributed by atoms with Crippen molar-refractivity contribution < 1.29 is 4.79 Å². The van der Waals surface area contributed by atoms with Gasteiger partial charge in [-0.25, -0.2) is 4.98 Å². The lowest BCUT2D eigenvalue weighted by molar-refractivity contribution is 0.0735. The van der Waals surface area contributed by atoms with Crippen molar-refractivity contribution in [3.8, 4) is 0 Å². The Balaban J connectivity index is 1.27. The van der Waals surface area contributed by atoms with E-state index >= 15 is 0 Å². The molecule has 0 unspecified atom stereocenters. The third kappa shape index (κ3) is 3.35. The maximum atomic E-state index is 13.0. The number of carbonyl (C=O) groups excluding carboxylic acids is 1. The van der Waals surface area contributed by atoms with Gasteiger partial charge in [0, 0.05) is 50.7 Å². The number of rotatable bonds is 2. The van der Waals surface area contributed by atoms with Crippen molar-refractivity contribution >= 4 is 16.9 Å². The largest absolute Gasteiger partial charge is 0.334 e. The second kappa shape index (κ2) is 7.49. The molecular formula is C26H30N4O. The van der Waals surface area contributed by atoms with Crippen LogP contribution in [0.3, 0.4) is 0 Å². The molecule has 1 aliphatic carbocycles. The summed E-state index contributed by atoms with van der Waals surface area (Å²) < 4.78 is 2.44. The Hall–Kier alpha value is -2.66. The summed E-state index contributed by atoms with van der Waals surface area (Å²) in [6, 6.07) is 13.3. The summed E-state index contributed by atoms with van der Waals surface area (Å²) in [5.41, 5.74) is 6.97. The van der Waals surface area contributed by atoms with Gasteiger partial charge in [0.25, 0.3) is 5.91 Å². The first-order valence-electron chi connectivity index (χ1n) is 11.8. The molecule has 1 amide bonds. The average Bonchev–Trinajstić information content (AvgIpc) is 2.95. The highest BCUT2D eigenvalue weighted by Gasteiger charge is 2.28. The van der Waals surface area contributed by atoms with Crippen LogP contribution in [0.4, 0.5) is 0 Å². The predicted octanol–water partition coefficient (Wildman–Crippen LogP) is 3.95. The summed E-state index contributed by atoms with van der Waals surface area (Å²) in [5, 5.41) is 0. The monoisotopic (exact) mass is 414 g/mol. The molecule has 3 aromatic rings. The molecule has 0 atom stereocenters. The van der Waals surface area contributed by atoms with Crippen LogP contribution in [0.25, 0.3) is 11.0 Å². The van der Waals surface area contributed by atoms with Gasteiger partial charge in [-0.05, 0) is 61.6 Å². The zero-order chi connectivity index (χ0) is 20.9. The van der Waals surface area contributed by atoms with Crippen LogP contribution in [0.2, 0.25) is 0 Å². The van der Waals surface area contributed by atoms with Crippen LogP contribution in [0.15, 0.2) is 36.4 Å². The molecule has 5 nitrogen and oxygen atoms in total.